The smallest absolute Gasteiger partial charge is 0.341 e. The number of halogens is 1. The second-order valence-corrected chi connectivity index (χ2v) is 6.93. The Kier molecular flexibility index (Phi) is 6.76. The fourth-order valence-corrected chi connectivity index (χ4v) is 3.49. The maximum atomic E-state index is 12.5. The number of carbonyl (C=O) groups excluding carboxylic acids is 3. The summed E-state index contributed by atoms with van der Waals surface area (Å²) in [7, 11) is 1.25. The summed E-state index contributed by atoms with van der Waals surface area (Å²) in [6, 6.07) is 6.34. The van der Waals surface area contributed by atoms with Gasteiger partial charge in [0.1, 0.15) is 5.00 Å². The number of ether oxygens (including phenoxy) is 1. The molecule has 1 aromatic carbocycles. The van der Waals surface area contributed by atoms with Crippen molar-refractivity contribution in [2.75, 3.05) is 19.0 Å². The summed E-state index contributed by atoms with van der Waals surface area (Å²) in [4.78, 5) is 37.3. The van der Waals surface area contributed by atoms with E-state index in [9.17, 15) is 14.4 Å². The molecule has 0 saturated heterocycles. The standard InChI is InChI=1S/C18H19ClN2O4S/c1-4-9-20-16(23)14-10(2)13(18(24)25-3)17(26-14)21-15(22)11-5-7-12(19)8-6-11/h5-8H,4,9H2,1-3H3,(H,20,23)(H,21,22). The first-order chi connectivity index (χ1) is 12.4. The fourth-order valence-electron chi connectivity index (χ4n) is 2.26. The van der Waals surface area contributed by atoms with E-state index in [4.69, 9.17) is 16.3 Å². The van der Waals surface area contributed by atoms with Crippen molar-refractivity contribution < 1.29 is 19.1 Å². The lowest BCUT2D eigenvalue weighted by atomic mass is 10.1. The molecule has 0 aliphatic carbocycles. The van der Waals surface area contributed by atoms with Gasteiger partial charge in [0.05, 0.1) is 17.6 Å². The van der Waals surface area contributed by atoms with Gasteiger partial charge in [0.25, 0.3) is 11.8 Å². The lowest BCUT2D eigenvalue weighted by Gasteiger charge is -2.06. The summed E-state index contributed by atoms with van der Waals surface area (Å²) < 4.78 is 4.80. The van der Waals surface area contributed by atoms with E-state index >= 15 is 0 Å². The van der Waals surface area contributed by atoms with Gasteiger partial charge in [-0.25, -0.2) is 4.79 Å². The lowest BCUT2D eigenvalue weighted by Crippen LogP contribution is -2.23. The minimum absolute atomic E-state index is 0.182. The van der Waals surface area contributed by atoms with Crippen LogP contribution in [0.1, 0.15) is 49.3 Å². The molecular formula is C18H19ClN2O4S. The highest BCUT2D eigenvalue weighted by Gasteiger charge is 2.26. The summed E-state index contributed by atoms with van der Waals surface area (Å²) in [6.45, 7) is 4.12. The van der Waals surface area contributed by atoms with Crippen molar-refractivity contribution in [3.05, 3.63) is 50.9 Å². The number of methoxy groups -OCH3 is 1. The average Bonchev–Trinajstić information content (AvgIpc) is 2.95. The van der Waals surface area contributed by atoms with Crippen LogP contribution in [0, 0.1) is 6.92 Å². The third-order valence-electron chi connectivity index (χ3n) is 3.61. The van der Waals surface area contributed by atoms with Crippen molar-refractivity contribution in [1.29, 1.82) is 0 Å². The topological polar surface area (TPSA) is 84.5 Å². The number of nitrogens with one attached hydrogen (secondary N) is 2. The Hall–Kier alpha value is -2.38. The summed E-state index contributed by atoms with van der Waals surface area (Å²) in [5.41, 5.74) is 1.04. The molecule has 6 nitrogen and oxygen atoms in total. The van der Waals surface area contributed by atoms with Gasteiger partial charge in [0, 0.05) is 17.1 Å². The molecule has 0 aliphatic heterocycles. The third kappa shape index (κ3) is 4.42. The van der Waals surface area contributed by atoms with Crippen LogP contribution >= 0.6 is 22.9 Å². The molecule has 138 valence electrons. The fraction of sp³-hybridized carbons (Fsp3) is 0.278. The Labute approximate surface area is 160 Å². The minimum Gasteiger partial charge on any atom is -0.465 e. The van der Waals surface area contributed by atoms with Gasteiger partial charge in [-0.1, -0.05) is 18.5 Å². The molecule has 0 saturated carbocycles. The van der Waals surface area contributed by atoms with Gasteiger partial charge in [-0.05, 0) is 43.2 Å². The Morgan fingerprint density at radius 1 is 1.15 bits per heavy atom. The molecule has 2 rings (SSSR count). The van der Waals surface area contributed by atoms with Crippen molar-refractivity contribution >= 4 is 45.7 Å². The van der Waals surface area contributed by atoms with E-state index < -0.39 is 11.9 Å². The van der Waals surface area contributed by atoms with E-state index in [0.717, 1.165) is 17.8 Å². The molecule has 0 atom stereocenters. The van der Waals surface area contributed by atoms with Crippen LogP contribution in [-0.2, 0) is 4.74 Å². The zero-order valence-corrected chi connectivity index (χ0v) is 16.2. The number of hydrogen-bond donors (Lipinski definition) is 2. The summed E-state index contributed by atoms with van der Waals surface area (Å²) >= 11 is 6.87. The van der Waals surface area contributed by atoms with Gasteiger partial charge in [-0.15, -0.1) is 11.3 Å². The number of hydrogen-bond acceptors (Lipinski definition) is 5. The van der Waals surface area contributed by atoms with Crippen LogP contribution in [-0.4, -0.2) is 31.4 Å². The zero-order valence-electron chi connectivity index (χ0n) is 14.6. The molecule has 0 fully saturated rings. The van der Waals surface area contributed by atoms with Crippen molar-refractivity contribution in [2.24, 2.45) is 0 Å². The number of amides is 2. The third-order valence-corrected chi connectivity index (χ3v) is 5.07. The van der Waals surface area contributed by atoms with E-state index in [1.54, 1.807) is 31.2 Å². The summed E-state index contributed by atoms with van der Waals surface area (Å²) in [5, 5.41) is 6.25. The maximum absolute atomic E-state index is 12.5. The van der Waals surface area contributed by atoms with E-state index in [1.165, 1.54) is 7.11 Å². The molecule has 1 aromatic heterocycles. The van der Waals surface area contributed by atoms with E-state index in [-0.39, 0.29) is 16.5 Å². The van der Waals surface area contributed by atoms with Gasteiger partial charge < -0.3 is 15.4 Å². The predicted octanol–water partition coefficient (Wildman–Crippen LogP) is 3.89. The van der Waals surface area contributed by atoms with E-state index in [0.29, 0.717) is 27.6 Å². The largest absolute Gasteiger partial charge is 0.465 e. The van der Waals surface area contributed by atoms with Crippen LogP contribution in [0.2, 0.25) is 5.02 Å². The van der Waals surface area contributed by atoms with Gasteiger partial charge >= 0.3 is 5.97 Å². The second kappa shape index (κ2) is 8.82. The van der Waals surface area contributed by atoms with Crippen LogP contribution < -0.4 is 10.6 Å². The van der Waals surface area contributed by atoms with Crippen molar-refractivity contribution in [3.63, 3.8) is 0 Å². The average molecular weight is 395 g/mol. The van der Waals surface area contributed by atoms with Crippen molar-refractivity contribution in [3.8, 4) is 0 Å². The Bertz CT molecular complexity index is 830. The number of benzene rings is 1. The van der Waals surface area contributed by atoms with Gasteiger partial charge in [-0.3, -0.25) is 9.59 Å². The molecule has 0 radical (unpaired) electrons. The van der Waals surface area contributed by atoms with E-state index in [2.05, 4.69) is 10.6 Å². The van der Waals surface area contributed by atoms with Crippen LogP contribution in [0.25, 0.3) is 0 Å². The molecule has 26 heavy (non-hydrogen) atoms. The summed E-state index contributed by atoms with van der Waals surface area (Å²) in [6.07, 6.45) is 0.792. The maximum Gasteiger partial charge on any atom is 0.341 e. The molecule has 8 heteroatoms. The monoisotopic (exact) mass is 394 g/mol. The highest BCUT2D eigenvalue weighted by molar-refractivity contribution is 7.18. The number of thiophene rings is 1. The molecule has 0 spiro atoms. The van der Waals surface area contributed by atoms with E-state index in [1.807, 2.05) is 6.92 Å². The molecule has 2 N–H and O–H groups in total. The Morgan fingerprint density at radius 2 is 1.81 bits per heavy atom. The Morgan fingerprint density at radius 3 is 2.38 bits per heavy atom. The van der Waals surface area contributed by atoms with Crippen LogP contribution in [0.3, 0.4) is 0 Å². The van der Waals surface area contributed by atoms with Crippen LogP contribution in [0.5, 0.6) is 0 Å². The Balaban J connectivity index is 2.36. The van der Waals surface area contributed by atoms with Crippen molar-refractivity contribution in [2.45, 2.75) is 20.3 Å². The molecule has 2 aromatic rings. The SMILES string of the molecule is CCCNC(=O)c1sc(NC(=O)c2ccc(Cl)cc2)c(C(=O)OC)c1C. The molecule has 2 amide bonds. The number of esters is 1. The molecule has 1 heterocycles. The minimum atomic E-state index is -0.611. The number of carbonyl (C=O) groups is 3. The summed E-state index contributed by atoms with van der Waals surface area (Å²) in [5.74, 6) is -1.31. The van der Waals surface area contributed by atoms with Crippen LogP contribution in [0.15, 0.2) is 24.3 Å². The van der Waals surface area contributed by atoms with Gasteiger partial charge in [-0.2, -0.15) is 0 Å². The highest BCUT2D eigenvalue weighted by Crippen LogP contribution is 2.34. The van der Waals surface area contributed by atoms with Gasteiger partial charge in [0.15, 0.2) is 0 Å². The first-order valence-corrected chi connectivity index (χ1v) is 9.15. The highest BCUT2D eigenvalue weighted by atomic mass is 35.5. The molecule has 0 bridgehead atoms. The van der Waals surface area contributed by atoms with Crippen molar-refractivity contribution in [1.82, 2.24) is 5.32 Å². The quantitative estimate of drug-likeness (QED) is 0.728. The zero-order chi connectivity index (χ0) is 19.3. The number of rotatable bonds is 6. The molecule has 0 aliphatic rings. The first kappa shape index (κ1) is 19.9. The second-order valence-electron chi connectivity index (χ2n) is 5.47. The lowest BCUT2D eigenvalue weighted by molar-refractivity contribution is 0.0601. The first-order valence-electron chi connectivity index (χ1n) is 7.95. The van der Waals surface area contributed by atoms with Gasteiger partial charge in [0.2, 0.25) is 0 Å². The molecular weight excluding hydrogens is 376 g/mol. The predicted molar refractivity (Wildman–Crippen MR) is 102 cm³/mol. The molecule has 0 unspecified atom stereocenters. The number of anilines is 1. The normalized spacial score (nSPS) is 10.3. The van der Waals surface area contributed by atoms with Crippen LogP contribution in [0.4, 0.5) is 5.00 Å².